The van der Waals surface area contributed by atoms with Gasteiger partial charge in [0.1, 0.15) is 22.9 Å². The lowest BCUT2D eigenvalue weighted by Gasteiger charge is -2.27. The number of hydrogen-bond acceptors (Lipinski definition) is 13. The van der Waals surface area contributed by atoms with Crippen LogP contribution in [0.5, 0.6) is 11.5 Å². The molecule has 4 atom stereocenters. The number of amides is 2. The number of fused-ring (bicyclic) bond motifs is 2. The highest BCUT2D eigenvalue weighted by Crippen LogP contribution is 2.39. The highest BCUT2D eigenvalue weighted by atomic mass is 79.9. The van der Waals surface area contributed by atoms with Crippen molar-refractivity contribution in [2.45, 2.75) is 84.4 Å². The Labute approximate surface area is 376 Å². The van der Waals surface area contributed by atoms with Crippen LogP contribution in [0.15, 0.2) is 70.8 Å². The number of carbonyl (C=O) groups is 2. The van der Waals surface area contributed by atoms with Crippen molar-refractivity contribution in [1.29, 1.82) is 15.9 Å². The summed E-state index contributed by atoms with van der Waals surface area (Å²) in [7, 11) is -1.80. The van der Waals surface area contributed by atoms with E-state index in [2.05, 4.69) is 57.6 Å². The number of hydrogen-bond donors (Lipinski definition) is 8. The maximum absolute atomic E-state index is 12.0. The summed E-state index contributed by atoms with van der Waals surface area (Å²) in [4.78, 5) is 23.0. The topological polar surface area (TPSA) is 294 Å². The molecule has 0 bridgehead atoms. The van der Waals surface area contributed by atoms with Crippen molar-refractivity contribution in [3.05, 3.63) is 87.5 Å². The van der Waals surface area contributed by atoms with E-state index in [0.717, 1.165) is 71.0 Å². The molecule has 4 aliphatic rings. The number of allylic oxidation sites excluding steroid dienone is 2. The minimum Gasteiger partial charge on any atom is -0.532 e. The molecule has 3 aromatic rings. The Hall–Kier alpha value is -6.05. The molecular weight excluding hydrogens is 870 g/mol. The lowest BCUT2D eigenvalue weighted by molar-refractivity contribution is -0.114. The van der Waals surface area contributed by atoms with Crippen molar-refractivity contribution in [2.24, 2.45) is 35.0 Å². The molecule has 2 aromatic carbocycles. The maximum Gasteiger partial charge on any atom is 0.552 e. The van der Waals surface area contributed by atoms with Crippen LogP contribution in [0.25, 0.3) is 11.1 Å². The summed E-state index contributed by atoms with van der Waals surface area (Å²) in [5.74, 6) is 3.85. The van der Waals surface area contributed by atoms with E-state index < -0.39 is 32.2 Å². The number of nitrogens with two attached hydrogens (primary N) is 3. The maximum atomic E-state index is 12.0. The number of aromatic nitrogens is 2. The number of halogens is 1. The highest BCUT2D eigenvalue weighted by molar-refractivity contribution is 9.10. The van der Waals surface area contributed by atoms with Crippen molar-refractivity contribution >= 4 is 70.5 Å². The van der Waals surface area contributed by atoms with Crippen molar-refractivity contribution < 1.29 is 33.7 Å². The van der Waals surface area contributed by atoms with E-state index in [0.29, 0.717) is 29.8 Å². The first kappa shape index (κ1) is 48.0. The van der Waals surface area contributed by atoms with Crippen LogP contribution in [-0.2, 0) is 9.53 Å². The fraction of sp³-hybridized carbons (Fsp3) is 0.395. The number of benzene rings is 2. The van der Waals surface area contributed by atoms with Crippen LogP contribution < -0.4 is 37.1 Å². The van der Waals surface area contributed by atoms with Crippen LogP contribution in [0, 0.1) is 45.8 Å². The Morgan fingerprint density at radius 3 is 2.13 bits per heavy atom. The molecule has 11 N–H and O–H groups in total. The fourth-order valence-electron chi connectivity index (χ4n) is 7.68. The predicted molar refractivity (Wildman–Crippen MR) is 245 cm³/mol. The molecule has 1 saturated heterocycles. The number of nitriles is 2. The molecule has 20 heteroatoms. The zero-order chi connectivity index (χ0) is 46.0. The van der Waals surface area contributed by atoms with Gasteiger partial charge in [0, 0.05) is 46.3 Å². The van der Waals surface area contributed by atoms with Crippen LogP contribution >= 0.6 is 15.9 Å². The highest BCUT2D eigenvalue weighted by Gasteiger charge is 2.31. The number of anilines is 2. The van der Waals surface area contributed by atoms with Crippen LogP contribution in [0.1, 0.15) is 93.7 Å². The van der Waals surface area contributed by atoms with Crippen molar-refractivity contribution in [2.75, 3.05) is 11.9 Å². The smallest absolute Gasteiger partial charge is 0.532 e. The summed E-state index contributed by atoms with van der Waals surface area (Å²) >= 11 is 3.44. The number of rotatable bonds is 10. The van der Waals surface area contributed by atoms with Crippen LogP contribution in [0.3, 0.4) is 0 Å². The zero-order valence-corrected chi connectivity index (χ0v) is 37.3. The Morgan fingerprint density at radius 1 is 0.937 bits per heavy atom. The molecule has 2 fully saturated rings. The Bertz CT molecular complexity index is 2340. The molecular formula is C43H53B2BrN10O7. The third-order valence-corrected chi connectivity index (χ3v) is 11.4. The summed E-state index contributed by atoms with van der Waals surface area (Å²) in [6, 6.07) is 15.3. The monoisotopic (exact) mass is 922 g/mol. The molecule has 63 heavy (non-hydrogen) atoms. The summed E-state index contributed by atoms with van der Waals surface area (Å²) in [5, 5.41) is 55.7. The molecule has 0 spiro atoms. The van der Waals surface area contributed by atoms with E-state index in [1.807, 2.05) is 38.1 Å². The molecule has 0 radical (unpaired) electrons. The predicted octanol–water partition coefficient (Wildman–Crippen LogP) is 5.28. The van der Waals surface area contributed by atoms with E-state index in [4.69, 9.17) is 41.9 Å². The fourth-order valence-corrected chi connectivity index (χ4v) is 8.04. The van der Waals surface area contributed by atoms with Gasteiger partial charge in [0.25, 0.3) is 11.8 Å². The van der Waals surface area contributed by atoms with Crippen LogP contribution in [0.4, 0.5) is 11.5 Å². The van der Waals surface area contributed by atoms with Gasteiger partial charge in [-0.15, -0.1) is 0 Å². The number of ether oxygens (including phenoxy) is 1. The Kier molecular flexibility index (Phi) is 16.6. The van der Waals surface area contributed by atoms with Crippen molar-refractivity contribution in [3.63, 3.8) is 0 Å². The lowest BCUT2D eigenvalue weighted by atomic mass is 9.78. The summed E-state index contributed by atoms with van der Waals surface area (Å²) in [6.45, 7) is 8.82. The van der Waals surface area contributed by atoms with Gasteiger partial charge in [-0.05, 0) is 97.0 Å². The third kappa shape index (κ3) is 12.3. The van der Waals surface area contributed by atoms with Gasteiger partial charge >= 0.3 is 14.2 Å². The van der Waals surface area contributed by atoms with Crippen molar-refractivity contribution in [3.8, 4) is 23.6 Å². The van der Waals surface area contributed by atoms with Gasteiger partial charge in [-0.3, -0.25) is 19.7 Å². The van der Waals surface area contributed by atoms with E-state index >= 15 is 0 Å². The third-order valence-electron chi connectivity index (χ3n) is 10.9. The molecule has 7 rings (SSSR count). The molecule has 3 aliphatic heterocycles. The molecule has 17 nitrogen and oxygen atoms in total. The Morgan fingerprint density at radius 2 is 1.56 bits per heavy atom. The van der Waals surface area contributed by atoms with Crippen LogP contribution in [-0.4, -0.2) is 70.5 Å². The number of nitrogens with zero attached hydrogens (tertiary/aromatic N) is 4. The quantitative estimate of drug-likeness (QED) is 0.0556. The SMILES string of the molecule is CC(C)C1=CB(O)Oc2ccc(Br)cc21.CC(C)C1=CB(O)Oc2ccc(Nc3nn(C4CCCO[C@@H]4C#N)cc3C(N)=O)cc21.N#C[C@H]1CCCCC1N/C=C(\C(=N)N)C(N)=O. The van der Waals surface area contributed by atoms with Gasteiger partial charge in [0.2, 0.25) is 0 Å². The molecule has 4 heterocycles. The average Bonchev–Trinajstić information content (AvgIpc) is 3.67. The first-order chi connectivity index (χ1) is 30.0. The Balaban J connectivity index is 0.000000197. The number of amidine groups is 1. The minimum atomic E-state index is -0.980. The molecule has 1 saturated carbocycles. The average molecular weight is 923 g/mol. The lowest BCUT2D eigenvalue weighted by Crippen LogP contribution is -2.36. The number of primary amides is 2. The zero-order valence-electron chi connectivity index (χ0n) is 35.7. The van der Waals surface area contributed by atoms with Crippen LogP contribution in [0.2, 0.25) is 0 Å². The molecule has 1 aromatic heterocycles. The molecule has 2 unspecified atom stereocenters. The minimum absolute atomic E-state index is 0.00227. The van der Waals surface area contributed by atoms with Gasteiger partial charge in [-0.1, -0.05) is 56.5 Å². The number of carbonyl (C=O) groups excluding carboxylic acids is 2. The van der Waals surface area contributed by atoms with Gasteiger partial charge in [0.15, 0.2) is 11.9 Å². The van der Waals surface area contributed by atoms with E-state index in [1.165, 1.54) is 6.20 Å². The van der Waals surface area contributed by atoms with Crippen molar-refractivity contribution in [1.82, 2.24) is 15.1 Å². The van der Waals surface area contributed by atoms with E-state index in [1.54, 1.807) is 35.0 Å². The van der Waals surface area contributed by atoms with Gasteiger partial charge in [-0.25, -0.2) is 0 Å². The summed E-state index contributed by atoms with van der Waals surface area (Å²) in [5.41, 5.74) is 20.8. The number of nitrogens with one attached hydrogen (secondary N) is 3. The second kappa shape index (κ2) is 21.8. The molecule has 330 valence electrons. The van der Waals surface area contributed by atoms with Gasteiger partial charge < -0.3 is 51.9 Å². The largest absolute Gasteiger partial charge is 0.552 e. The van der Waals surface area contributed by atoms with E-state index in [9.17, 15) is 24.9 Å². The van der Waals surface area contributed by atoms with Gasteiger partial charge in [-0.2, -0.15) is 15.6 Å². The summed E-state index contributed by atoms with van der Waals surface area (Å²) in [6.07, 6.45) is 7.64. The first-order valence-electron chi connectivity index (χ1n) is 20.8. The first-order valence-corrected chi connectivity index (χ1v) is 21.5. The van der Waals surface area contributed by atoms with E-state index in [-0.39, 0.29) is 40.9 Å². The standard InChI is InChI=1S/C21H24BN5O4.C11H12BBrO2.C11H17N5O/c1-12(2)15-9-22(29)31-18-6-5-13(8-14(15)18)25-21-16(20(24)28)11-27(26-21)17-4-3-7-30-19(17)10-23;1-7(2)10-6-12(14)15-11-4-3-8(13)5-9(10)11;12-5-7-3-1-2-4-9(7)16-6-8(10(13)14)11(15)17/h5-6,8-9,11-12,17,19,29H,3-4,7H2,1-2H3,(H2,24,28)(H,25,26);3-7,14H,1-2H3;6-7,9,16H,1-4H2,(H3,13,14)(H2,15,17)/b;;8-6+/t17?,19-;;7-,9?/m1.1/s1. The van der Waals surface area contributed by atoms with Gasteiger partial charge in [0.05, 0.1) is 29.7 Å². The summed E-state index contributed by atoms with van der Waals surface area (Å²) < 4.78 is 19.0. The normalized spacial score (nSPS) is 20.3. The molecule has 1 aliphatic carbocycles. The molecule has 2 amide bonds. The second-order valence-electron chi connectivity index (χ2n) is 16.0. The second-order valence-corrected chi connectivity index (χ2v) is 17.0.